The maximum Gasteiger partial charge on any atom is 0.283 e. The molecule has 96 valence electrons. The summed E-state index contributed by atoms with van der Waals surface area (Å²) in [5, 5.41) is 7.38. The van der Waals surface area contributed by atoms with Crippen LogP contribution in [-0.4, -0.2) is 16.3 Å². The van der Waals surface area contributed by atoms with E-state index in [1.54, 1.807) is 6.20 Å². The molecule has 0 amide bonds. The summed E-state index contributed by atoms with van der Waals surface area (Å²) in [5.74, 6) is 0. The average molecular weight is 302 g/mol. The van der Waals surface area contributed by atoms with Gasteiger partial charge in [-0.15, -0.1) is 0 Å². The van der Waals surface area contributed by atoms with E-state index in [1.165, 1.54) is 4.68 Å². The van der Waals surface area contributed by atoms with Crippen molar-refractivity contribution in [2.75, 3.05) is 11.9 Å². The van der Waals surface area contributed by atoms with E-state index in [9.17, 15) is 4.79 Å². The van der Waals surface area contributed by atoms with E-state index in [-0.39, 0.29) is 5.56 Å². The Balaban J connectivity index is 2.76. The molecule has 0 aliphatic carbocycles. The fraction of sp³-hybridized carbons (Fsp3) is 0.667. The van der Waals surface area contributed by atoms with Crippen molar-refractivity contribution >= 4 is 21.6 Å². The van der Waals surface area contributed by atoms with E-state index < -0.39 is 0 Å². The number of unbranched alkanes of at least 4 members (excludes halogenated alkanes) is 2. The van der Waals surface area contributed by atoms with E-state index in [4.69, 9.17) is 0 Å². The predicted octanol–water partition coefficient (Wildman–Crippen LogP) is 3.02. The van der Waals surface area contributed by atoms with Crippen LogP contribution in [0.2, 0.25) is 0 Å². The van der Waals surface area contributed by atoms with E-state index >= 15 is 0 Å². The van der Waals surface area contributed by atoms with Crippen LogP contribution in [0.25, 0.3) is 0 Å². The highest BCUT2D eigenvalue weighted by atomic mass is 79.9. The summed E-state index contributed by atoms with van der Waals surface area (Å²) in [6.45, 7) is 5.79. The Hall–Kier alpha value is -0.840. The Morgan fingerprint density at radius 1 is 1.35 bits per heavy atom. The molecule has 5 heteroatoms. The Bertz CT molecular complexity index is 403. The summed E-state index contributed by atoms with van der Waals surface area (Å²) < 4.78 is 2.10. The summed E-state index contributed by atoms with van der Waals surface area (Å²) >= 11 is 3.34. The average Bonchev–Trinajstić information content (AvgIpc) is 2.34. The smallest absolute Gasteiger partial charge is 0.283 e. The SMILES string of the molecule is CCCCNc1cnn(CCCC)c(=O)c1Br. The molecule has 0 bridgehead atoms. The molecule has 0 radical (unpaired) electrons. The second-order valence-corrected chi connectivity index (χ2v) is 4.83. The molecule has 0 fully saturated rings. The zero-order valence-electron chi connectivity index (χ0n) is 10.5. The molecule has 1 heterocycles. The van der Waals surface area contributed by atoms with Gasteiger partial charge in [-0.25, -0.2) is 4.68 Å². The molecule has 4 nitrogen and oxygen atoms in total. The first-order chi connectivity index (χ1) is 8.20. The van der Waals surface area contributed by atoms with Crippen molar-refractivity contribution in [3.05, 3.63) is 21.0 Å². The standard InChI is InChI=1S/C12H20BrN3O/c1-3-5-7-14-10-9-15-16(8-6-4-2)12(17)11(10)13/h9,14H,3-8H2,1-2H3. The number of hydrogen-bond donors (Lipinski definition) is 1. The first-order valence-corrected chi connectivity index (χ1v) is 6.99. The van der Waals surface area contributed by atoms with Crippen LogP contribution in [-0.2, 0) is 6.54 Å². The van der Waals surface area contributed by atoms with Crippen LogP contribution >= 0.6 is 15.9 Å². The fourth-order valence-electron chi connectivity index (χ4n) is 1.46. The van der Waals surface area contributed by atoms with Crippen molar-refractivity contribution < 1.29 is 0 Å². The predicted molar refractivity (Wildman–Crippen MR) is 74.5 cm³/mol. The molecule has 17 heavy (non-hydrogen) atoms. The highest BCUT2D eigenvalue weighted by Gasteiger charge is 2.07. The van der Waals surface area contributed by atoms with E-state index in [0.29, 0.717) is 11.0 Å². The van der Waals surface area contributed by atoms with Gasteiger partial charge in [0, 0.05) is 13.1 Å². The first kappa shape index (κ1) is 14.2. The Kier molecular flexibility index (Phi) is 6.26. The molecule has 0 spiro atoms. The lowest BCUT2D eigenvalue weighted by atomic mass is 10.3. The third-order valence-corrected chi connectivity index (χ3v) is 3.32. The van der Waals surface area contributed by atoms with Crippen LogP contribution in [0.4, 0.5) is 5.69 Å². The topological polar surface area (TPSA) is 46.9 Å². The van der Waals surface area contributed by atoms with Crippen molar-refractivity contribution in [2.24, 2.45) is 0 Å². The normalized spacial score (nSPS) is 10.5. The maximum absolute atomic E-state index is 11.9. The molecule has 0 saturated heterocycles. The second kappa shape index (κ2) is 7.48. The van der Waals surface area contributed by atoms with Crippen molar-refractivity contribution in [1.29, 1.82) is 0 Å². The van der Waals surface area contributed by atoms with Crippen LogP contribution in [0.5, 0.6) is 0 Å². The minimum absolute atomic E-state index is 0.0556. The summed E-state index contributed by atoms with van der Waals surface area (Å²) in [4.78, 5) is 11.9. The van der Waals surface area contributed by atoms with Crippen LogP contribution < -0.4 is 10.9 Å². The largest absolute Gasteiger partial charge is 0.383 e. The van der Waals surface area contributed by atoms with Crippen LogP contribution in [0.3, 0.4) is 0 Å². The van der Waals surface area contributed by atoms with Crippen molar-refractivity contribution in [3.8, 4) is 0 Å². The van der Waals surface area contributed by atoms with Gasteiger partial charge in [0.25, 0.3) is 5.56 Å². The fourth-order valence-corrected chi connectivity index (χ4v) is 1.90. The Labute approximate surface area is 111 Å². The third-order valence-electron chi connectivity index (χ3n) is 2.55. The summed E-state index contributed by atoms with van der Waals surface area (Å²) in [5.41, 5.74) is 0.733. The summed E-state index contributed by atoms with van der Waals surface area (Å²) in [7, 11) is 0. The number of aryl methyl sites for hydroxylation is 1. The lowest BCUT2D eigenvalue weighted by Gasteiger charge is -2.09. The minimum atomic E-state index is -0.0556. The number of aromatic nitrogens is 2. The summed E-state index contributed by atoms with van der Waals surface area (Å²) in [6, 6.07) is 0. The van der Waals surface area contributed by atoms with Crippen molar-refractivity contribution in [3.63, 3.8) is 0 Å². The first-order valence-electron chi connectivity index (χ1n) is 6.20. The second-order valence-electron chi connectivity index (χ2n) is 4.03. The number of hydrogen-bond acceptors (Lipinski definition) is 3. The Morgan fingerprint density at radius 2 is 2.06 bits per heavy atom. The maximum atomic E-state index is 11.9. The van der Waals surface area contributed by atoms with Crippen molar-refractivity contribution in [1.82, 2.24) is 9.78 Å². The molecule has 1 aromatic rings. The molecule has 1 N–H and O–H groups in total. The molecule has 1 aromatic heterocycles. The third kappa shape index (κ3) is 4.15. The Morgan fingerprint density at radius 3 is 2.71 bits per heavy atom. The number of anilines is 1. The van der Waals surface area contributed by atoms with Crippen LogP contribution in [0.1, 0.15) is 39.5 Å². The van der Waals surface area contributed by atoms with Gasteiger partial charge >= 0.3 is 0 Å². The van der Waals surface area contributed by atoms with Gasteiger partial charge in [-0.1, -0.05) is 26.7 Å². The van der Waals surface area contributed by atoms with Gasteiger partial charge in [0.2, 0.25) is 0 Å². The molecule has 0 atom stereocenters. The number of nitrogens with one attached hydrogen (secondary N) is 1. The van der Waals surface area contributed by atoms with Crippen LogP contribution in [0.15, 0.2) is 15.5 Å². The van der Waals surface area contributed by atoms with Gasteiger partial charge in [-0.3, -0.25) is 4.79 Å². The van der Waals surface area contributed by atoms with Crippen molar-refractivity contribution in [2.45, 2.75) is 46.1 Å². The molecule has 1 rings (SSSR count). The number of halogens is 1. The zero-order chi connectivity index (χ0) is 12.7. The molecule has 0 saturated carbocycles. The van der Waals surface area contributed by atoms with Gasteiger partial charge in [0.1, 0.15) is 4.47 Å². The zero-order valence-corrected chi connectivity index (χ0v) is 12.1. The molecular weight excluding hydrogens is 282 g/mol. The highest BCUT2D eigenvalue weighted by Crippen LogP contribution is 2.16. The molecule has 0 unspecified atom stereocenters. The number of nitrogens with zero attached hydrogens (tertiary/aromatic N) is 2. The quantitative estimate of drug-likeness (QED) is 0.788. The van der Waals surface area contributed by atoms with E-state index in [0.717, 1.165) is 37.9 Å². The van der Waals surface area contributed by atoms with Gasteiger partial charge in [0.15, 0.2) is 0 Å². The number of rotatable bonds is 7. The molecule has 0 aromatic carbocycles. The highest BCUT2D eigenvalue weighted by molar-refractivity contribution is 9.10. The molecular formula is C12H20BrN3O. The lowest BCUT2D eigenvalue weighted by molar-refractivity contribution is 0.541. The van der Waals surface area contributed by atoms with Crippen LogP contribution in [0, 0.1) is 0 Å². The van der Waals surface area contributed by atoms with Gasteiger partial charge in [-0.05, 0) is 28.8 Å². The van der Waals surface area contributed by atoms with E-state index in [2.05, 4.69) is 40.2 Å². The molecule has 0 aliphatic rings. The summed E-state index contributed by atoms with van der Waals surface area (Å²) in [6.07, 6.45) is 5.97. The molecule has 0 aliphatic heterocycles. The monoisotopic (exact) mass is 301 g/mol. The van der Waals surface area contributed by atoms with Gasteiger partial charge in [0.05, 0.1) is 11.9 Å². The van der Waals surface area contributed by atoms with E-state index in [1.807, 2.05) is 0 Å². The lowest BCUT2D eigenvalue weighted by Crippen LogP contribution is -2.24. The van der Waals surface area contributed by atoms with Gasteiger partial charge in [-0.2, -0.15) is 5.10 Å². The minimum Gasteiger partial charge on any atom is -0.383 e. The van der Waals surface area contributed by atoms with Gasteiger partial charge < -0.3 is 5.32 Å².